The normalized spacial score (nSPS) is 11.9. The molecule has 1 aromatic heterocycles. The van der Waals surface area contributed by atoms with Crippen molar-refractivity contribution >= 4 is 15.8 Å². The van der Waals surface area contributed by atoms with Crippen molar-refractivity contribution in [2.75, 3.05) is 31.2 Å². The van der Waals surface area contributed by atoms with E-state index in [1.54, 1.807) is 6.92 Å². The molecule has 0 spiro atoms. The number of sulfonamides is 1. The van der Waals surface area contributed by atoms with Gasteiger partial charge in [-0.15, -0.1) is 5.10 Å². The van der Waals surface area contributed by atoms with Crippen LogP contribution >= 0.6 is 0 Å². The molecule has 0 aliphatic heterocycles. The van der Waals surface area contributed by atoms with Crippen molar-refractivity contribution < 1.29 is 8.42 Å². The number of nitrogens with one attached hydrogen (secondary N) is 1. The van der Waals surface area contributed by atoms with Gasteiger partial charge in [-0.3, -0.25) is 9.36 Å². The molecule has 9 nitrogen and oxygen atoms in total. The van der Waals surface area contributed by atoms with Crippen LogP contribution in [0.5, 0.6) is 0 Å². The van der Waals surface area contributed by atoms with Crippen molar-refractivity contribution in [3.63, 3.8) is 0 Å². The minimum absolute atomic E-state index is 0.0713. The summed E-state index contributed by atoms with van der Waals surface area (Å²) in [6, 6.07) is 0. The molecule has 10 heteroatoms. The fourth-order valence-corrected chi connectivity index (χ4v) is 2.76. The summed E-state index contributed by atoms with van der Waals surface area (Å²) in [7, 11) is -0.380. The lowest BCUT2D eigenvalue weighted by molar-refractivity contribution is 0.428. The van der Waals surface area contributed by atoms with Gasteiger partial charge < -0.3 is 5.32 Å². The van der Waals surface area contributed by atoms with E-state index in [4.69, 9.17) is 0 Å². The van der Waals surface area contributed by atoms with Gasteiger partial charge in [0.05, 0.1) is 6.26 Å². The van der Waals surface area contributed by atoms with Gasteiger partial charge in [-0.25, -0.2) is 22.2 Å². The molecule has 0 saturated heterocycles. The lowest BCUT2D eigenvalue weighted by Gasteiger charge is -2.17. The molecule has 1 aromatic rings. The van der Waals surface area contributed by atoms with Crippen LogP contribution in [0.3, 0.4) is 0 Å². The highest BCUT2D eigenvalue weighted by atomic mass is 32.2. The molecule has 1 rings (SSSR count). The summed E-state index contributed by atoms with van der Waals surface area (Å²) in [4.78, 5) is 23.3. The Labute approximate surface area is 123 Å². The molecule has 0 amide bonds. The van der Waals surface area contributed by atoms with Gasteiger partial charge in [0.15, 0.2) is 0 Å². The lowest BCUT2D eigenvalue weighted by Crippen LogP contribution is -2.40. The number of rotatable bonds is 7. The third-order valence-electron chi connectivity index (χ3n) is 3.02. The van der Waals surface area contributed by atoms with Crippen LogP contribution in [0.1, 0.15) is 13.3 Å². The van der Waals surface area contributed by atoms with E-state index >= 15 is 0 Å². The molecule has 21 heavy (non-hydrogen) atoms. The predicted octanol–water partition coefficient (Wildman–Crippen LogP) is -1.44. The monoisotopic (exact) mass is 319 g/mol. The number of anilines is 1. The molecule has 0 aromatic carbocycles. The van der Waals surface area contributed by atoms with Crippen LogP contribution < -0.4 is 16.6 Å². The van der Waals surface area contributed by atoms with Crippen molar-refractivity contribution in [1.82, 2.24) is 18.7 Å². The molecule has 0 bridgehead atoms. The van der Waals surface area contributed by atoms with E-state index in [0.717, 1.165) is 15.5 Å². The van der Waals surface area contributed by atoms with Gasteiger partial charge in [0.1, 0.15) is 0 Å². The molecule has 0 saturated carbocycles. The number of aryl methyl sites for hydroxylation is 1. The first kappa shape index (κ1) is 17.4. The molecule has 0 unspecified atom stereocenters. The predicted molar refractivity (Wildman–Crippen MR) is 79.9 cm³/mol. The van der Waals surface area contributed by atoms with Gasteiger partial charge >= 0.3 is 5.69 Å². The Morgan fingerprint density at radius 1 is 1.29 bits per heavy atom. The second-order valence-electron chi connectivity index (χ2n) is 4.65. The topological polar surface area (TPSA) is 106 Å². The van der Waals surface area contributed by atoms with Gasteiger partial charge in [0, 0.05) is 33.7 Å². The van der Waals surface area contributed by atoms with E-state index < -0.39 is 21.3 Å². The van der Waals surface area contributed by atoms with Gasteiger partial charge in [0.2, 0.25) is 15.8 Å². The van der Waals surface area contributed by atoms with E-state index in [1.165, 1.54) is 18.4 Å². The fourth-order valence-electron chi connectivity index (χ4n) is 1.83. The van der Waals surface area contributed by atoms with Gasteiger partial charge in [-0.2, -0.15) is 0 Å². The summed E-state index contributed by atoms with van der Waals surface area (Å²) in [6.45, 7) is 2.90. The van der Waals surface area contributed by atoms with Crippen molar-refractivity contribution in [2.45, 2.75) is 13.3 Å². The van der Waals surface area contributed by atoms with Gasteiger partial charge in [0.25, 0.3) is 5.56 Å². The van der Waals surface area contributed by atoms with Crippen molar-refractivity contribution in [2.24, 2.45) is 14.1 Å². The molecule has 0 aliphatic carbocycles. The standard InChI is InChI=1S/C11H21N5O4S/c1-5-16(21(4,19)20)8-6-7-12-9-10(17)14(2)11(18)15(3)13-9/h5-8H2,1-4H3,(H,12,13). The molecule has 0 radical (unpaired) electrons. The van der Waals surface area contributed by atoms with Crippen LogP contribution in [0, 0.1) is 0 Å². The minimum Gasteiger partial charge on any atom is -0.364 e. The Balaban J connectivity index is 2.66. The Kier molecular flexibility index (Phi) is 5.67. The lowest BCUT2D eigenvalue weighted by atomic mass is 10.4. The molecular weight excluding hydrogens is 298 g/mol. The largest absolute Gasteiger partial charge is 0.364 e. The summed E-state index contributed by atoms with van der Waals surface area (Å²) >= 11 is 0. The summed E-state index contributed by atoms with van der Waals surface area (Å²) in [5.74, 6) is 0.0713. The minimum atomic E-state index is -3.21. The SMILES string of the molecule is CCN(CCCNc1nn(C)c(=O)n(C)c1=O)S(C)(=O)=O. The highest BCUT2D eigenvalue weighted by molar-refractivity contribution is 7.88. The first-order valence-corrected chi connectivity index (χ1v) is 8.36. The van der Waals surface area contributed by atoms with Crippen LogP contribution in [0.15, 0.2) is 9.59 Å². The number of nitrogens with zero attached hydrogens (tertiary/aromatic N) is 4. The molecule has 1 heterocycles. The quantitative estimate of drug-likeness (QED) is 0.617. The second-order valence-corrected chi connectivity index (χ2v) is 6.64. The number of hydrogen-bond donors (Lipinski definition) is 1. The Morgan fingerprint density at radius 2 is 1.90 bits per heavy atom. The third-order valence-corrected chi connectivity index (χ3v) is 4.40. The highest BCUT2D eigenvalue weighted by Crippen LogP contribution is 1.99. The maximum absolute atomic E-state index is 11.8. The average Bonchev–Trinajstić information content (AvgIpc) is 2.40. The van der Waals surface area contributed by atoms with E-state index in [2.05, 4.69) is 10.4 Å². The maximum atomic E-state index is 11.8. The zero-order chi connectivity index (χ0) is 16.2. The van der Waals surface area contributed by atoms with Crippen molar-refractivity contribution in [1.29, 1.82) is 0 Å². The molecular formula is C11H21N5O4S. The first-order valence-electron chi connectivity index (χ1n) is 6.51. The van der Waals surface area contributed by atoms with E-state index in [1.807, 2.05) is 0 Å². The van der Waals surface area contributed by atoms with E-state index in [-0.39, 0.29) is 5.82 Å². The number of hydrogen-bond acceptors (Lipinski definition) is 6. The Hall–Kier alpha value is -1.68. The van der Waals surface area contributed by atoms with E-state index in [9.17, 15) is 18.0 Å². The third kappa shape index (κ3) is 4.39. The molecule has 0 atom stereocenters. The zero-order valence-corrected chi connectivity index (χ0v) is 13.5. The van der Waals surface area contributed by atoms with Crippen molar-refractivity contribution in [3.8, 4) is 0 Å². The highest BCUT2D eigenvalue weighted by Gasteiger charge is 2.13. The summed E-state index contributed by atoms with van der Waals surface area (Å²) in [6.07, 6.45) is 1.68. The summed E-state index contributed by atoms with van der Waals surface area (Å²) in [5.41, 5.74) is -1.01. The molecule has 0 fully saturated rings. The second kappa shape index (κ2) is 6.85. The molecule has 1 N–H and O–H groups in total. The summed E-state index contributed by atoms with van der Waals surface area (Å²) < 4.78 is 26.2. The van der Waals surface area contributed by atoms with Crippen LogP contribution in [0.4, 0.5) is 5.82 Å². The van der Waals surface area contributed by atoms with E-state index in [0.29, 0.717) is 26.1 Å². The van der Waals surface area contributed by atoms with Crippen LogP contribution in [0.25, 0.3) is 0 Å². The van der Waals surface area contributed by atoms with Crippen LogP contribution in [-0.4, -0.2) is 53.0 Å². The fraction of sp³-hybridized carbons (Fsp3) is 0.727. The van der Waals surface area contributed by atoms with Crippen LogP contribution in [-0.2, 0) is 24.1 Å². The van der Waals surface area contributed by atoms with Crippen molar-refractivity contribution in [3.05, 3.63) is 20.8 Å². The number of aromatic nitrogens is 3. The zero-order valence-electron chi connectivity index (χ0n) is 12.7. The first-order chi connectivity index (χ1) is 9.68. The smallest absolute Gasteiger partial charge is 0.346 e. The maximum Gasteiger partial charge on any atom is 0.346 e. The molecule has 0 aliphatic rings. The summed E-state index contributed by atoms with van der Waals surface area (Å²) in [5, 5.41) is 6.67. The molecule has 120 valence electrons. The Morgan fingerprint density at radius 3 is 2.43 bits per heavy atom. The average molecular weight is 319 g/mol. The van der Waals surface area contributed by atoms with Gasteiger partial charge in [-0.1, -0.05) is 6.92 Å². The van der Waals surface area contributed by atoms with Gasteiger partial charge in [-0.05, 0) is 6.42 Å². The Bertz CT molecular complexity index is 706. The van der Waals surface area contributed by atoms with Crippen LogP contribution in [0.2, 0.25) is 0 Å².